The molecule has 0 aromatic carbocycles. The summed E-state index contributed by atoms with van der Waals surface area (Å²) in [6.07, 6.45) is 3.36. The van der Waals surface area contributed by atoms with E-state index in [0.29, 0.717) is 13.2 Å². The van der Waals surface area contributed by atoms with Crippen molar-refractivity contribution in [2.75, 3.05) is 39.4 Å². The molecule has 15 heavy (non-hydrogen) atoms. The average Bonchev–Trinajstić information content (AvgIpc) is 2.76. The van der Waals surface area contributed by atoms with Gasteiger partial charge in [0, 0.05) is 26.2 Å². The molecule has 0 spiro atoms. The summed E-state index contributed by atoms with van der Waals surface area (Å²) in [6, 6.07) is 0. The summed E-state index contributed by atoms with van der Waals surface area (Å²) in [5.41, 5.74) is 0. The monoisotopic (exact) mass is 214 g/mol. The van der Waals surface area contributed by atoms with Crippen molar-refractivity contribution in [1.29, 1.82) is 0 Å². The lowest BCUT2D eigenvalue weighted by Crippen LogP contribution is -2.37. The van der Waals surface area contributed by atoms with E-state index < -0.39 is 0 Å². The number of likely N-dealkylation sites (tertiary alicyclic amines) is 1. The second-order valence-electron chi connectivity index (χ2n) is 3.88. The molecular weight excluding hydrogens is 192 g/mol. The number of nitrogens with one attached hydrogen (secondary N) is 1. The number of ether oxygens (including phenoxy) is 1. The van der Waals surface area contributed by atoms with Gasteiger partial charge in [-0.3, -0.25) is 4.79 Å². The maximum atomic E-state index is 11.6. The van der Waals surface area contributed by atoms with Gasteiger partial charge in [0.2, 0.25) is 5.91 Å². The zero-order valence-electron chi connectivity index (χ0n) is 9.63. The Labute approximate surface area is 92.0 Å². The molecular formula is C11H22N2O2. The van der Waals surface area contributed by atoms with Crippen LogP contribution >= 0.6 is 0 Å². The zero-order valence-corrected chi connectivity index (χ0v) is 9.63. The molecule has 0 aromatic rings. The van der Waals surface area contributed by atoms with Crippen molar-refractivity contribution in [2.45, 2.75) is 26.2 Å². The highest BCUT2D eigenvalue weighted by Gasteiger charge is 2.16. The second kappa shape index (κ2) is 7.65. The fourth-order valence-electron chi connectivity index (χ4n) is 1.66. The summed E-state index contributed by atoms with van der Waals surface area (Å²) < 4.78 is 5.30. The number of amides is 1. The molecule has 1 fully saturated rings. The lowest BCUT2D eigenvalue weighted by Gasteiger charge is -2.15. The smallest absolute Gasteiger partial charge is 0.236 e. The third-order valence-electron chi connectivity index (χ3n) is 2.51. The van der Waals surface area contributed by atoms with Gasteiger partial charge in [0.25, 0.3) is 0 Å². The van der Waals surface area contributed by atoms with Gasteiger partial charge in [-0.2, -0.15) is 0 Å². The van der Waals surface area contributed by atoms with E-state index in [9.17, 15) is 4.79 Å². The lowest BCUT2D eigenvalue weighted by molar-refractivity contribution is -0.129. The van der Waals surface area contributed by atoms with Gasteiger partial charge in [0.15, 0.2) is 0 Å². The molecule has 4 nitrogen and oxygen atoms in total. The van der Waals surface area contributed by atoms with E-state index in [1.807, 2.05) is 4.90 Å². The van der Waals surface area contributed by atoms with Gasteiger partial charge in [-0.05, 0) is 19.3 Å². The molecule has 1 amide bonds. The van der Waals surface area contributed by atoms with Crippen LogP contribution in [0.25, 0.3) is 0 Å². The first-order chi connectivity index (χ1) is 7.34. The largest absolute Gasteiger partial charge is 0.380 e. The minimum atomic E-state index is 0.225. The highest BCUT2D eigenvalue weighted by atomic mass is 16.5. The molecule has 1 saturated heterocycles. The SMILES string of the molecule is CCCOCCNCC(=O)N1CCCC1. The Kier molecular flexibility index (Phi) is 6.36. The summed E-state index contributed by atoms with van der Waals surface area (Å²) in [6.45, 7) is 6.68. The van der Waals surface area contributed by atoms with Crippen LogP contribution in [-0.4, -0.2) is 50.2 Å². The Balaban J connectivity index is 1.92. The lowest BCUT2D eigenvalue weighted by atomic mass is 10.4. The minimum Gasteiger partial charge on any atom is -0.380 e. The number of carbonyl (C=O) groups excluding carboxylic acids is 1. The molecule has 1 heterocycles. The molecule has 0 radical (unpaired) electrons. The van der Waals surface area contributed by atoms with E-state index in [1.165, 1.54) is 0 Å². The summed E-state index contributed by atoms with van der Waals surface area (Å²) in [4.78, 5) is 13.5. The van der Waals surface area contributed by atoms with E-state index in [0.717, 1.165) is 45.5 Å². The molecule has 1 aliphatic rings. The van der Waals surface area contributed by atoms with E-state index in [2.05, 4.69) is 12.2 Å². The van der Waals surface area contributed by atoms with Crippen LogP contribution < -0.4 is 5.32 Å². The average molecular weight is 214 g/mol. The van der Waals surface area contributed by atoms with Crippen LogP contribution in [0.4, 0.5) is 0 Å². The van der Waals surface area contributed by atoms with Gasteiger partial charge in [0.05, 0.1) is 13.2 Å². The molecule has 0 unspecified atom stereocenters. The van der Waals surface area contributed by atoms with Crippen LogP contribution in [0, 0.1) is 0 Å². The molecule has 88 valence electrons. The van der Waals surface area contributed by atoms with Crippen molar-refractivity contribution >= 4 is 5.91 Å². The van der Waals surface area contributed by atoms with Crippen molar-refractivity contribution in [3.8, 4) is 0 Å². The number of hydrogen-bond donors (Lipinski definition) is 1. The van der Waals surface area contributed by atoms with Gasteiger partial charge in [-0.25, -0.2) is 0 Å². The summed E-state index contributed by atoms with van der Waals surface area (Å²) in [5.74, 6) is 0.225. The predicted molar refractivity (Wildman–Crippen MR) is 59.8 cm³/mol. The fourth-order valence-corrected chi connectivity index (χ4v) is 1.66. The summed E-state index contributed by atoms with van der Waals surface area (Å²) in [7, 11) is 0. The molecule has 0 atom stereocenters. The van der Waals surface area contributed by atoms with Gasteiger partial charge in [-0.15, -0.1) is 0 Å². The van der Waals surface area contributed by atoms with Crippen molar-refractivity contribution < 1.29 is 9.53 Å². The van der Waals surface area contributed by atoms with E-state index in [1.54, 1.807) is 0 Å². The topological polar surface area (TPSA) is 41.6 Å². The van der Waals surface area contributed by atoms with Gasteiger partial charge >= 0.3 is 0 Å². The van der Waals surface area contributed by atoms with Crippen LogP contribution in [0.3, 0.4) is 0 Å². The normalized spacial score (nSPS) is 15.9. The maximum absolute atomic E-state index is 11.6. The number of rotatable bonds is 7. The zero-order chi connectivity index (χ0) is 10.9. The van der Waals surface area contributed by atoms with Crippen molar-refractivity contribution in [1.82, 2.24) is 10.2 Å². The van der Waals surface area contributed by atoms with Crippen LogP contribution in [0.15, 0.2) is 0 Å². The van der Waals surface area contributed by atoms with Gasteiger partial charge in [0.1, 0.15) is 0 Å². The maximum Gasteiger partial charge on any atom is 0.236 e. The molecule has 4 heteroatoms. The highest BCUT2D eigenvalue weighted by molar-refractivity contribution is 5.78. The quantitative estimate of drug-likeness (QED) is 0.632. The molecule has 0 saturated carbocycles. The number of hydrogen-bond acceptors (Lipinski definition) is 3. The molecule has 1 rings (SSSR count). The Morgan fingerprint density at radius 1 is 1.33 bits per heavy atom. The summed E-state index contributed by atoms with van der Waals surface area (Å²) in [5, 5.41) is 3.10. The minimum absolute atomic E-state index is 0.225. The molecule has 1 N–H and O–H groups in total. The van der Waals surface area contributed by atoms with Crippen molar-refractivity contribution in [3.05, 3.63) is 0 Å². The van der Waals surface area contributed by atoms with Crippen LogP contribution in [0.1, 0.15) is 26.2 Å². The Hall–Kier alpha value is -0.610. The van der Waals surface area contributed by atoms with Crippen molar-refractivity contribution in [2.24, 2.45) is 0 Å². The molecule has 0 bridgehead atoms. The Bertz CT molecular complexity index is 179. The first-order valence-corrected chi connectivity index (χ1v) is 5.91. The molecule has 1 aliphatic heterocycles. The first-order valence-electron chi connectivity index (χ1n) is 5.91. The fraction of sp³-hybridized carbons (Fsp3) is 0.909. The van der Waals surface area contributed by atoms with Crippen LogP contribution in [0.2, 0.25) is 0 Å². The van der Waals surface area contributed by atoms with E-state index >= 15 is 0 Å². The first kappa shape index (κ1) is 12.5. The number of nitrogens with zero attached hydrogens (tertiary/aromatic N) is 1. The van der Waals surface area contributed by atoms with Crippen molar-refractivity contribution in [3.63, 3.8) is 0 Å². The van der Waals surface area contributed by atoms with Crippen LogP contribution in [-0.2, 0) is 9.53 Å². The molecule has 0 aliphatic carbocycles. The third-order valence-corrected chi connectivity index (χ3v) is 2.51. The van der Waals surface area contributed by atoms with E-state index in [4.69, 9.17) is 4.74 Å². The van der Waals surface area contributed by atoms with Gasteiger partial charge in [-0.1, -0.05) is 6.92 Å². The third kappa shape index (κ3) is 5.14. The number of carbonyl (C=O) groups is 1. The Morgan fingerprint density at radius 3 is 2.73 bits per heavy atom. The van der Waals surface area contributed by atoms with Crippen LogP contribution in [0.5, 0.6) is 0 Å². The Morgan fingerprint density at radius 2 is 2.07 bits per heavy atom. The standard InChI is InChI=1S/C11H22N2O2/c1-2-8-15-9-5-12-10-11(14)13-6-3-4-7-13/h12H,2-10H2,1H3. The summed E-state index contributed by atoms with van der Waals surface area (Å²) >= 11 is 0. The predicted octanol–water partition coefficient (Wildman–Crippen LogP) is 0.625. The van der Waals surface area contributed by atoms with E-state index in [-0.39, 0.29) is 5.91 Å². The molecule has 0 aromatic heterocycles. The highest BCUT2D eigenvalue weighted by Crippen LogP contribution is 2.06. The van der Waals surface area contributed by atoms with Gasteiger partial charge < -0.3 is 15.0 Å². The second-order valence-corrected chi connectivity index (χ2v) is 3.88.